The van der Waals surface area contributed by atoms with Gasteiger partial charge in [-0.1, -0.05) is 6.92 Å². The van der Waals surface area contributed by atoms with Crippen molar-refractivity contribution in [2.24, 2.45) is 0 Å². The molecule has 0 aliphatic carbocycles. The second-order valence-corrected chi connectivity index (χ2v) is 4.65. The Morgan fingerprint density at radius 1 is 1.60 bits per heavy atom. The van der Waals surface area contributed by atoms with Crippen molar-refractivity contribution in [1.82, 2.24) is 5.32 Å². The lowest BCUT2D eigenvalue weighted by atomic mass is 10.2. The van der Waals surface area contributed by atoms with Gasteiger partial charge in [0.15, 0.2) is 0 Å². The third-order valence-corrected chi connectivity index (χ3v) is 3.12. The Bertz CT molecular complexity index is 239. The molecule has 0 bridgehead atoms. The molecular weight excluding hydrogens is 210 g/mol. The summed E-state index contributed by atoms with van der Waals surface area (Å²) in [5.74, 6) is 3.14. The van der Waals surface area contributed by atoms with Crippen LogP contribution in [0.3, 0.4) is 0 Å². The van der Waals surface area contributed by atoms with E-state index >= 15 is 0 Å². The summed E-state index contributed by atoms with van der Waals surface area (Å²) >= 11 is 1.94. The summed E-state index contributed by atoms with van der Waals surface area (Å²) < 4.78 is 5.24. The molecule has 4 heteroatoms. The Morgan fingerprint density at radius 3 is 3.07 bits per heavy atom. The molecule has 1 rings (SSSR count). The average Bonchev–Trinajstić information content (AvgIpc) is 2.77. The molecule has 0 saturated carbocycles. The molecule has 0 spiro atoms. The van der Waals surface area contributed by atoms with E-state index in [2.05, 4.69) is 12.2 Å². The normalized spacial score (nSPS) is 12.9. The van der Waals surface area contributed by atoms with Gasteiger partial charge in [-0.25, -0.2) is 0 Å². The number of aliphatic hydroxyl groups is 1. The Kier molecular flexibility index (Phi) is 6.55. The largest absolute Gasteiger partial charge is 0.468 e. The second kappa shape index (κ2) is 7.79. The first-order chi connectivity index (χ1) is 7.38. The zero-order chi connectivity index (χ0) is 10.9. The molecule has 1 aromatic rings. The van der Waals surface area contributed by atoms with Gasteiger partial charge >= 0.3 is 0 Å². The number of hydrogen-bond acceptors (Lipinski definition) is 4. The summed E-state index contributed by atoms with van der Waals surface area (Å²) in [6.07, 6.45) is 2.75. The number of rotatable bonds is 8. The number of furan rings is 1. The highest BCUT2D eigenvalue weighted by atomic mass is 32.2. The van der Waals surface area contributed by atoms with E-state index in [9.17, 15) is 5.11 Å². The zero-order valence-electron chi connectivity index (χ0n) is 9.11. The number of aliphatic hydroxyl groups excluding tert-OH is 1. The lowest BCUT2D eigenvalue weighted by molar-refractivity contribution is 0.227. The van der Waals surface area contributed by atoms with Gasteiger partial charge < -0.3 is 14.8 Å². The van der Waals surface area contributed by atoms with Crippen LogP contribution in [0.4, 0.5) is 0 Å². The lowest BCUT2D eigenvalue weighted by Crippen LogP contribution is -2.25. The van der Waals surface area contributed by atoms with Gasteiger partial charge in [-0.15, -0.1) is 0 Å². The van der Waals surface area contributed by atoms with Crippen LogP contribution >= 0.6 is 11.8 Å². The van der Waals surface area contributed by atoms with Gasteiger partial charge in [0.05, 0.1) is 18.9 Å². The second-order valence-electron chi connectivity index (χ2n) is 3.26. The van der Waals surface area contributed by atoms with Crippen molar-refractivity contribution >= 4 is 11.8 Å². The SMILES string of the molecule is CCSCCCNC(CO)c1ccco1. The van der Waals surface area contributed by atoms with Crippen LogP contribution in [0.1, 0.15) is 25.1 Å². The number of hydrogen-bond donors (Lipinski definition) is 2. The Hall–Kier alpha value is -0.450. The molecular formula is C11H19NO2S. The van der Waals surface area contributed by atoms with Crippen LogP contribution in [0, 0.1) is 0 Å². The first-order valence-electron chi connectivity index (χ1n) is 5.34. The van der Waals surface area contributed by atoms with E-state index in [1.54, 1.807) is 6.26 Å². The van der Waals surface area contributed by atoms with Gasteiger partial charge in [-0.05, 0) is 36.6 Å². The van der Waals surface area contributed by atoms with Crippen molar-refractivity contribution in [3.63, 3.8) is 0 Å². The average molecular weight is 229 g/mol. The predicted molar refractivity (Wildman–Crippen MR) is 64.2 cm³/mol. The molecule has 0 aromatic carbocycles. The Morgan fingerprint density at radius 2 is 2.47 bits per heavy atom. The fourth-order valence-corrected chi connectivity index (χ4v) is 1.98. The number of nitrogens with one attached hydrogen (secondary N) is 1. The van der Waals surface area contributed by atoms with Gasteiger partial charge in [0.1, 0.15) is 5.76 Å². The molecule has 2 N–H and O–H groups in total. The summed E-state index contributed by atoms with van der Waals surface area (Å²) in [6, 6.07) is 3.66. The summed E-state index contributed by atoms with van der Waals surface area (Å²) in [6.45, 7) is 3.16. The summed E-state index contributed by atoms with van der Waals surface area (Å²) in [4.78, 5) is 0. The van der Waals surface area contributed by atoms with Gasteiger partial charge in [0.25, 0.3) is 0 Å². The lowest BCUT2D eigenvalue weighted by Gasteiger charge is -2.13. The molecule has 0 aliphatic heterocycles. The molecule has 1 unspecified atom stereocenters. The third-order valence-electron chi connectivity index (χ3n) is 2.13. The quantitative estimate of drug-likeness (QED) is 0.670. The van der Waals surface area contributed by atoms with E-state index < -0.39 is 0 Å². The molecule has 1 atom stereocenters. The number of thioether (sulfide) groups is 1. The fraction of sp³-hybridized carbons (Fsp3) is 0.636. The van der Waals surface area contributed by atoms with Crippen LogP contribution in [-0.2, 0) is 0 Å². The standard InChI is InChI=1S/C11H19NO2S/c1-2-15-8-4-6-12-10(9-13)11-5-3-7-14-11/h3,5,7,10,12-13H,2,4,6,8-9H2,1H3. The molecule has 1 aromatic heterocycles. The smallest absolute Gasteiger partial charge is 0.123 e. The van der Waals surface area contributed by atoms with Gasteiger partial charge in [-0.3, -0.25) is 0 Å². The van der Waals surface area contributed by atoms with Crippen LogP contribution in [0.5, 0.6) is 0 Å². The monoisotopic (exact) mass is 229 g/mol. The summed E-state index contributed by atoms with van der Waals surface area (Å²) in [5, 5.41) is 12.4. The van der Waals surface area contributed by atoms with Crippen molar-refractivity contribution in [1.29, 1.82) is 0 Å². The maximum absolute atomic E-state index is 9.17. The minimum atomic E-state index is -0.0633. The molecule has 86 valence electrons. The van der Waals surface area contributed by atoms with Gasteiger partial charge in [0.2, 0.25) is 0 Å². The molecule has 15 heavy (non-hydrogen) atoms. The van der Waals surface area contributed by atoms with Crippen molar-refractivity contribution in [2.45, 2.75) is 19.4 Å². The molecule has 0 aliphatic rings. The minimum Gasteiger partial charge on any atom is -0.468 e. The minimum absolute atomic E-state index is 0.0633. The van der Waals surface area contributed by atoms with Crippen LogP contribution in [0.15, 0.2) is 22.8 Å². The van der Waals surface area contributed by atoms with E-state index in [0.717, 1.165) is 18.7 Å². The molecule has 0 saturated heterocycles. The van der Waals surface area contributed by atoms with E-state index in [0.29, 0.717) is 0 Å². The fourth-order valence-electron chi connectivity index (χ4n) is 1.34. The van der Waals surface area contributed by atoms with Crippen LogP contribution in [0.25, 0.3) is 0 Å². The Labute approximate surface area is 95.2 Å². The Balaban J connectivity index is 2.18. The van der Waals surface area contributed by atoms with E-state index in [4.69, 9.17) is 4.42 Å². The maximum Gasteiger partial charge on any atom is 0.123 e. The highest BCUT2D eigenvalue weighted by Crippen LogP contribution is 2.12. The zero-order valence-corrected chi connectivity index (χ0v) is 9.93. The van der Waals surface area contributed by atoms with Crippen molar-refractivity contribution in [3.8, 4) is 0 Å². The first-order valence-corrected chi connectivity index (χ1v) is 6.49. The molecule has 1 heterocycles. The molecule has 0 fully saturated rings. The molecule has 0 radical (unpaired) electrons. The highest BCUT2D eigenvalue weighted by molar-refractivity contribution is 7.99. The van der Waals surface area contributed by atoms with E-state index in [1.807, 2.05) is 23.9 Å². The highest BCUT2D eigenvalue weighted by Gasteiger charge is 2.11. The van der Waals surface area contributed by atoms with Gasteiger partial charge in [-0.2, -0.15) is 11.8 Å². The van der Waals surface area contributed by atoms with Crippen molar-refractivity contribution in [3.05, 3.63) is 24.2 Å². The third kappa shape index (κ3) is 4.73. The van der Waals surface area contributed by atoms with Crippen molar-refractivity contribution < 1.29 is 9.52 Å². The van der Waals surface area contributed by atoms with Crippen LogP contribution < -0.4 is 5.32 Å². The predicted octanol–water partition coefficient (Wildman–Crippen LogP) is 2.05. The van der Waals surface area contributed by atoms with E-state index in [-0.39, 0.29) is 12.6 Å². The molecule has 0 amide bonds. The van der Waals surface area contributed by atoms with Gasteiger partial charge in [0, 0.05) is 0 Å². The van der Waals surface area contributed by atoms with Crippen molar-refractivity contribution in [2.75, 3.05) is 24.7 Å². The summed E-state index contributed by atoms with van der Waals surface area (Å²) in [7, 11) is 0. The van der Waals surface area contributed by atoms with Crippen LogP contribution in [0.2, 0.25) is 0 Å². The first kappa shape index (κ1) is 12.6. The topological polar surface area (TPSA) is 45.4 Å². The molecule has 3 nitrogen and oxygen atoms in total. The van der Waals surface area contributed by atoms with E-state index in [1.165, 1.54) is 11.5 Å². The maximum atomic E-state index is 9.17. The van der Waals surface area contributed by atoms with Crippen LogP contribution in [-0.4, -0.2) is 29.8 Å². The summed E-state index contributed by atoms with van der Waals surface area (Å²) in [5.41, 5.74) is 0.